The zero-order valence-electron chi connectivity index (χ0n) is 10.3. The van der Waals surface area contributed by atoms with Crippen molar-refractivity contribution in [2.75, 3.05) is 16.4 Å². The van der Waals surface area contributed by atoms with Crippen LogP contribution in [0.25, 0.3) is 0 Å². The molecule has 0 radical (unpaired) electrons. The number of amides is 1. The topological polar surface area (TPSA) is 67.2 Å². The summed E-state index contributed by atoms with van der Waals surface area (Å²) in [5.41, 5.74) is 8.71. The van der Waals surface area contributed by atoms with Gasteiger partial charge in [-0.2, -0.15) is 0 Å². The summed E-state index contributed by atoms with van der Waals surface area (Å²) in [5.74, 6) is -0.546. The van der Waals surface area contributed by atoms with Crippen LogP contribution in [0.5, 0.6) is 0 Å². The number of carbonyl (C=O) groups is 1. The Morgan fingerprint density at radius 1 is 1.25 bits per heavy atom. The molecule has 0 aliphatic carbocycles. The molecule has 4 nitrogen and oxygen atoms in total. The first kappa shape index (κ1) is 12.7. The van der Waals surface area contributed by atoms with Crippen molar-refractivity contribution < 1.29 is 9.18 Å². The lowest BCUT2D eigenvalue weighted by Crippen LogP contribution is -2.03. The average molecular weight is 292 g/mol. The van der Waals surface area contributed by atoms with Crippen molar-refractivity contribution >= 4 is 40.3 Å². The van der Waals surface area contributed by atoms with Gasteiger partial charge >= 0.3 is 0 Å². The quantitative estimate of drug-likeness (QED) is 0.744. The van der Waals surface area contributed by atoms with E-state index in [-0.39, 0.29) is 11.6 Å². The molecule has 1 aliphatic heterocycles. The number of carbonyl (C=O) groups excluding carboxylic acids is 1. The van der Waals surface area contributed by atoms with Gasteiger partial charge in [0, 0.05) is 10.7 Å². The lowest BCUT2D eigenvalue weighted by molar-refractivity contribution is -0.115. The molecule has 0 fully saturated rings. The smallest absolute Gasteiger partial charge is 0.228 e. The second-order valence-electron chi connectivity index (χ2n) is 4.57. The molecule has 6 heteroatoms. The lowest BCUT2D eigenvalue weighted by Gasteiger charge is -2.12. The monoisotopic (exact) mass is 291 g/mol. The Hall–Kier alpha value is -2.27. The first-order valence-electron chi connectivity index (χ1n) is 5.97. The van der Waals surface area contributed by atoms with Gasteiger partial charge in [-0.05, 0) is 35.9 Å². The van der Waals surface area contributed by atoms with Gasteiger partial charge in [-0.25, -0.2) is 4.39 Å². The molecule has 1 amide bonds. The highest BCUT2D eigenvalue weighted by atomic mass is 35.5. The van der Waals surface area contributed by atoms with Crippen LogP contribution >= 0.6 is 11.6 Å². The summed E-state index contributed by atoms with van der Waals surface area (Å²) in [4.78, 5) is 11.3. The highest BCUT2D eigenvalue weighted by Gasteiger charge is 2.19. The summed E-state index contributed by atoms with van der Waals surface area (Å²) in [6.45, 7) is 0. The normalized spacial score (nSPS) is 13.0. The van der Waals surface area contributed by atoms with Crippen LogP contribution in [0.15, 0.2) is 30.3 Å². The molecule has 0 saturated heterocycles. The van der Waals surface area contributed by atoms with Crippen molar-refractivity contribution in [1.82, 2.24) is 0 Å². The standard InChI is InChI=1S/C14H11ClFN3O/c15-8-1-2-11(9(16)5-8)18-13-6-12-7(3-10(13)17)4-14(20)19-12/h1-3,5-6,18H,4,17H2,(H,19,20). The molecule has 20 heavy (non-hydrogen) atoms. The molecule has 0 atom stereocenters. The van der Waals surface area contributed by atoms with Crippen LogP contribution in [0.4, 0.5) is 27.1 Å². The maximum absolute atomic E-state index is 13.7. The second-order valence-corrected chi connectivity index (χ2v) is 5.01. The molecular formula is C14H11ClFN3O. The summed E-state index contributed by atoms with van der Waals surface area (Å²) in [7, 11) is 0. The molecule has 3 rings (SSSR count). The Bertz CT molecular complexity index is 718. The summed E-state index contributed by atoms with van der Waals surface area (Å²) in [6, 6.07) is 7.74. The number of hydrogen-bond acceptors (Lipinski definition) is 3. The third-order valence-electron chi connectivity index (χ3n) is 3.10. The predicted molar refractivity (Wildman–Crippen MR) is 77.9 cm³/mol. The third-order valence-corrected chi connectivity index (χ3v) is 3.34. The third kappa shape index (κ3) is 2.28. The number of nitrogens with one attached hydrogen (secondary N) is 2. The predicted octanol–water partition coefficient (Wildman–Crippen LogP) is 3.30. The number of fused-ring (bicyclic) bond motifs is 1. The fourth-order valence-electron chi connectivity index (χ4n) is 2.14. The Kier molecular flexibility index (Phi) is 2.99. The van der Waals surface area contributed by atoms with E-state index in [0.717, 1.165) is 5.56 Å². The Morgan fingerprint density at radius 3 is 2.80 bits per heavy atom. The molecule has 0 spiro atoms. The Labute approximate surface area is 119 Å². The van der Waals surface area contributed by atoms with Crippen LogP contribution in [-0.4, -0.2) is 5.91 Å². The molecule has 102 valence electrons. The zero-order valence-corrected chi connectivity index (χ0v) is 11.1. The van der Waals surface area contributed by atoms with Gasteiger partial charge in [-0.3, -0.25) is 4.79 Å². The van der Waals surface area contributed by atoms with Crippen molar-refractivity contribution in [1.29, 1.82) is 0 Å². The molecule has 2 aromatic rings. The fraction of sp³-hybridized carbons (Fsp3) is 0.0714. The molecule has 2 aromatic carbocycles. The first-order valence-corrected chi connectivity index (χ1v) is 6.35. The van der Waals surface area contributed by atoms with Crippen LogP contribution in [0.1, 0.15) is 5.56 Å². The Balaban J connectivity index is 1.95. The molecule has 4 N–H and O–H groups in total. The molecule has 0 unspecified atom stereocenters. The maximum atomic E-state index is 13.7. The van der Waals surface area contributed by atoms with Gasteiger partial charge < -0.3 is 16.4 Å². The van der Waals surface area contributed by atoms with Gasteiger partial charge in [-0.1, -0.05) is 11.6 Å². The number of anilines is 4. The van der Waals surface area contributed by atoms with Crippen LogP contribution in [-0.2, 0) is 11.2 Å². The van der Waals surface area contributed by atoms with Crippen molar-refractivity contribution in [2.24, 2.45) is 0 Å². The minimum absolute atomic E-state index is 0.0748. The highest BCUT2D eigenvalue weighted by molar-refractivity contribution is 6.30. The van der Waals surface area contributed by atoms with Crippen LogP contribution in [0.2, 0.25) is 5.02 Å². The van der Waals surface area contributed by atoms with Crippen LogP contribution in [0, 0.1) is 5.82 Å². The van der Waals surface area contributed by atoms with Gasteiger partial charge in [-0.15, -0.1) is 0 Å². The minimum Gasteiger partial charge on any atom is -0.397 e. The maximum Gasteiger partial charge on any atom is 0.228 e. The summed E-state index contributed by atoms with van der Waals surface area (Å²) >= 11 is 5.70. The van der Waals surface area contributed by atoms with Crippen molar-refractivity contribution in [3.63, 3.8) is 0 Å². The molecular weight excluding hydrogens is 281 g/mol. The number of hydrogen-bond donors (Lipinski definition) is 3. The minimum atomic E-state index is -0.471. The zero-order chi connectivity index (χ0) is 14.3. The van der Waals surface area contributed by atoms with Gasteiger partial charge in [0.05, 0.1) is 23.5 Å². The van der Waals surface area contributed by atoms with Gasteiger partial charge in [0.15, 0.2) is 0 Å². The van der Waals surface area contributed by atoms with Crippen molar-refractivity contribution in [3.05, 3.63) is 46.7 Å². The van der Waals surface area contributed by atoms with Crippen molar-refractivity contribution in [2.45, 2.75) is 6.42 Å². The van der Waals surface area contributed by atoms with Crippen LogP contribution < -0.4 is 16.4 Å². The lowest BCUT2D eigenvalue weighted by atomic mass is 10.1. The molecule has 1 heterocycles. The summed E-state index contributed by atoms with van der Waals surface area (Å²) < 4.78 is 13.7. The van der Waals surface area contributed by atoms with E-state index in [1.54, 1.807) is 18.2 Å². The SMILES string of the molecule is Nc1cc2c(cc1Nc1ccc(Cl)cc1F)NC(=O)C2. The van der Waals surface area contributed by atoms with Crippen LogP contribution in [0.3, 0.4) is 0 Å². The van der Waals surface area contributed by atoms with E-state index in [1.807, 2.05) is 0 Å². The largest absolute Gasteiger partial charge is 0.397 e. The van der Waals surface area contributed by atoms with E-state index in [0.29, 0.717) is 28.5 Å². The van der Waals surface area contributed by atoms with Gasteiger partial charge in [0.2, 0.25) is 5.91 Å². The first-order chi connectivity index (χ1) is 9.52. The van der Waals surface area contributed by atoms with E-state index >= 15 is 0 Å². The second kappa shape index (κ2) is 4.68. The average Bonchev–Trinajstić information content (AvgIpc) is 2.72. The summed E-state index contributed by atoms with van der Waals surface area (Å²) in [5, 5.41) is 5.95. The summed E-state index contributed by atoms with van der Waals surface area (Å²) in [6.07, 6.45) is 0.315. The van der Waals surface area contributed by atoms with Crippen molar-refractivity contribution in [3.8, 4) is 0 Å². The molecule has 1 aliphatic rings. The molecule has 0 bridgehead atoms. The van der Waals surface area contributed by atoms with Gasteiger partial charge in [0.25, 0.3) is 0 Å². The van der Waals surface area contributed by atoms with E-state index in [9.17, 15) is 9.18 Å². The van der Waals surface area contributed by atoms with E-state index in [4.69, 9.17) is 17.3 Å². The number of halogens is 2. The Morgan fingerprint density at radius 2 is 2.05 bits per heavy atom. The fourth-order valence-corrected chi connectivity index (χ4v) is 2.30. The van der Waals surface area contributed by atoms with E-state index in [1.165, 1.54) is 12.1 Å². The van der Waals surface area contributed by atoms with E-state index < -0.39 is 5.82 Å². The number of benzene rings is 2. The van der Waals surface area contributed by atoms with Gasteiger partial charge in [0.1, 0.15) is 5.82 Å². The number of nitrogen functional groups attached to an aromatic ring is 1. The van der Waals surface area contributed by atoms with E-state index in [2.05, 4.69) is 10.6 Å². The highest BCUT2D eigenvalue weighted by Crippen LogP contribution is 2.34. The number of rotatable bonds is 2. The number of nitrogens with two attached hydrogens (primary N) is 1. The molecule has 0 aromatic heterocycles. The molecule has 0 saturated carbocycles.